The van der Waals surface area contributed by atoms with Crippen LogP contribution in [0.25, 0.3) is 21.5 Å². The molecular weight excluding hydrogens is 316 g/mol. The van der Waals surface area contributed by atoms with Crippen LogP contribution in [0.5, 0.6) is 0 Å². The fourth-order valence-electron chi connectivity index (χ4n) is 2.31. The van der Waals surface area contributed by atoms with E-state index in [1.807, 2.05) is 12.1 Å². The normalized spacial score (nSPS) is 11.4. The molecule has 1 amide bonds. The van der Waals surface area contributed by atoms with Gasteiger partial charge in [-0.15, -0.1) is 21.5 Å². The van der Waals surface area contributed by atoms with Gasteiger partial charge in [-0.05, 0) is 19.9 Å². The highest BCUT2D eigenvalue weighted by Crippen LogP contribution is 2.35. The predicted molar refractivity (Wildman–Crippen MR) is 91.1 cm³/mol. The maximum atomic E-state index is 11.0. The van der Waals surface area contributed by atoms with Gasteiger partial charge in [-0.3, -0.25) is 9.36 Å². The van der Waals surface area contributed by atoms with E-state index in [0.717, 1.165) is 16.5 Å². The molecule has 3 aromatic rings. The number of hydrogen-bond donors (Lipinski definition) is 1. The molecule has 0 bridgehead atoms. The third-order valence-electron chi connectivity index (χ3n) is 3.25. The third-order valence-corrected chi connectivity index (χ3v) is 5.18. The van der Waals surface area contributed by atoms with Crippen LogP contribution < -0.4 is 5.73 Å². The zero-order valence-corrected chi connectivity index (χ0v) is 13.9. The van der Waals surface area contributed by atoms with Crippen LogP contribution in [-0.2, 0) is 4.79 Å². The van der Waals surface area contributed by atoms with Gasteiger partial charge < -0.3 is 5.73 Å². The average Bonchev–Trinajstić information content (AvgIpc) is 3.08. The highest BCUT2D eigenvalue weighted by Gasteiger charge is 2.19. The molecule has 0 unspecified atom stereocenters. The Morgan fingerprint density at radius 1 is 1.36 bits per heavy atom. The SMILES string of the molecule is CC(C)n1c(SCC(N)=O)nnc1-c1csc2ccccc12. The highest BCUT2D eigenvalue weighted by molar-refractivity contribution is 7.99. The quantitative estimate of drug-likeness (QED) is 0.727. The van der Waals surface area contributed by atoms with Crippen molar-refractivity contribution in [2.75, 3.05) is 5.75 Å². The predicted octanol–water partition coefficient (Wildman–Crippen LogP) is 3.32. The van der Waals surface area contributed by atoms with Crippen LogP contribution in [0.3, 0.4) is 0 Å². The Bertz CT molecular complexity index is 822. The lowest BCUT2D eigenvalue weighted by molar-refractivity contribution is -0.115. The first-order valence-electron chi connectivity index (χ1n) is 6.90. The van der Waals surface area contributed by atoms with Gasteiger partial charge in [0.2, 0.25) is 5.91 Å². The molecule has 0 spiro atoms. The second kappa shape index (κ2) is 6.10. The van der Waals surface area contributed by atoms with Gasteiger partial charge in [0.1, 0.15) is 0 Å². The Morgan fingerprint density at radius 3 is 2.86 bits per heavy atom. The molecule has 7 heteroatoms. The van der Waals surface area contributed by atoms with E-state index in [2.05, 4.69) is 46.1 Å². The smallest absolute Gasteiger partial charge is 0.227 e. The van der Waals surface area contributed by atoms with Gasteiger partial charge in [-0.25, -0.2) is 0 Å². The van der Waals surface area contributed by atoms with E-state index in [9.17, 15) is 4.79 Å². The van der Waals surface area contributed by atoms with Crippen molar-refractivity contribution in [3.63, 3.8) is 0 Å². The second-order valence-electron chi connectivity index (χ2n) is 5.17. The zero-order chi connectivity index (χ0) is 15.7. The minimum absolute atomic E-state index is 0.194. The van der Waals surface area contributed by atoms with Crippen LogP contribution in [-0.4, -0.2) is 26.4 Å². The van der Waals surface area contributed by atoms with Crippen LogP contribution in [0, 0.1) is 0 Å². The molecule has 0 saturated carbocycles. The number of benzene rings is 1. The van der Waals surface area contributed by atoms with E-state index in [1.165, 1.54) is 21.8 Å². The van der Waals surface area contributed by atoms with E-state index in [0.29, 0.717) is 0 Å². The van der Waals surface area contributed by atoms with E-state index < -0.39 is 0 Å². The van der Waals surface area contributed by atoms with Crippen molar-refractivity contribution in [3.8, 4) is 11.4 Å². The fraction of sp³-hybridized carbons (Fsp3) is 0.267. The number of thioether (sulfide) groups is 1. The molecule has 114 valence electrons. The molecule has 2 aromatic heterocycles. The summed E-state index contributed by atoms with van der Waals surface area (Å²) in [6.45, 7) is 4.16. The standard InChI is InChI=1S/C15H16N4OS2/c1-9(2)19-14(17-18-15(19)22-8-13(16)20)11-7-21-12-6-4-3-5-10(11)12/h3-7,9H,8H2,1-2H3,(H2,16,20). The molecule has 0 aliphatic rings. The summed E-state index contributed by atoms with van der Waals surface area (Å²) in [6.07, 6.45) is 0. The lowest BCUT2D eigenvalue weighted by Crippen LogP contribution is -2.14. The Morgan fingerprint density at radius 2 is 2.14 bits per heavy atom. The first-order chi connectivity index (χ1) is 10.6. The van der Waals surface area contributed by atoms with E-state index in [1.54, 1.807) is 11.3 Å². The van der Waals surface area contributed by atoms with Crippen LogP contribution >= 0.6 is 23.1 Å². The molecule has 5 nitrogen and oxygen atoms in total. The summed E-state index contributed by atoms with van der Waals surface area (Å²) in [6, 6.07) is 8.44. The van der Waals surface area contributed by atoms with E-state index in [4.69, 9.17) is 5.73 Å². The Kier molecular flexibility index (Phi) is 4.17. The number of hydrogen-bond acceptors (Lipinski definition) is 5. The van der Waals surface area contributed by atoms with E-state index >= 15 is 0 Å². The Labute approximate surface area is 136 Å². The van der Waals surface area contributed by atoms with Crippen LogP contribution in [0.1, 0.15) is 19.9 Å². The molecule has 22 heavy (non-hydrogen) atoms. The summed E-state index contributed by atoms with van der Waals surface area (Å²) in [5.74, 6) is 0.681. The largest absolute Gasteiger partial charge is 0.369 e. The Balaban J connectivity index is 2.09. The monoisotopic (exact) mass is 332 g/mol. The van der Waals surface area contributed by atoms with Crippen molar-refractivity contribution in [3.05, 3.63) is 29.6 Å². The first-order valence-corrected chi connectivity index (χ1v) is 8.77. The summed E-state index contributed by atoms with van der Waals surface area (Å²) in [5.41, 5.74) is 6.30. The number of aromatic nitrogens is 3. The lowest BCUT2D eigenvalue weighted by atomic mass is 10.1. The molecule has 0 fully saturated rings. The van der Waals surface area contributed by atoms with Gasteiger partial charge in [0.15, 0.2) is 11.0 Å². The number of nitrogens with two attached hydrogens (primary N) is 1. The first kappa shape index (κ1) is 15.1. The minimum atomic E-state index is -0.356. The fourth-order valence-corrected chi connectivity index (χ4v) is 4.06. The maximum absolute atomic E-state index is 11.0. The summed E-state index contributed by atoms with van der Waals surface area (Å²) >= 11 is 3.02. The second-order valence-corrected chi connectivity index (χ2v) is 7.02. The van der Waals surface area contributed by atoms with Crippen molar-refractivity contribution >= 4 is 39.1 Å². The van der Waals surface area contributed by atoms with Crippen LogP contribution in [0.2, 0.25) is 0 Å². The zero-order valence-electron chi connectivity index (χ0n) is 12.3. The average molecular weight is 332 g/mol. The summed E-state index contributed by atoms with van der Waals surface area (Å²) < 4.78 is 3.28. The van der Waals surface area contributed by atoms with Gasteiger partial charge >= 0.3 is 0 Å². The molecule has 1 aromatic carbocycles. The number of amides is 1. The molecule has 3 rings (SSSR count). The number of carbonyl (C=O) groups excluding carboxylic acids is 1. The number of nitrogens with zero attached hydrogens (tertiary/aromatic N) is 3. The molecule has 2 N–H and O–H groups in total. The lowest BCUT2D eigenvalue weighted by Gasteiger charge is -2.13. The molecule has 2 heterocycles. The maximum Gasteiger partial charge on any atom is 0.227 e. The van der Waals surface area contributed by atoms with Gasteiger partial charge in [0, 0.05) is 27.1 Å². The summed E-state index contributed by atoms with van der Waals surface area (Å²) in [4.78, 5) is 11.0. The van der Waals surface area contributed by atoms with Gasteiger partial charge in [-0.1, -0.05) is 30.0 Å². The summed E-state index contributed by atoms with van der Waals surface area (Å²) in [5, 5.41) is 12.6. The van der Waals surface area contributed by atoms with Crippen molar-refractivity contribution in [1.82, 2.24) is 14.8 Å². The topological polar surface area (TPSA) is 73.8 Å². The highest BCUT2D eigenvalue weighted by atomic mass is 32.2. The molecule has 0 atom stereocenters. The van der Waals surface area contributed by atoms with Crippen LogP contribution in [0.15, 0.2) is 34.8 Å². The number of thiophene rings is 1. The molecule has 0 aliphatic carbocycles. The van der Waals surface area contributed by atoms with Gasteiger partial charge in [0.05, 0.1) is 5.75 Å². The molecule has 0 radical (unpaired) electrons. The van der Waals surface area contributed by atoms with Crippen LogP contribution in [0.4, 0.5) is 0 Å². The third kappa shape index (κ3) is 2.74. The minimum Gasteiger partial charge on any atom is -0.369 e. The van der Waals surface area contributed by atoms with Crippen molar-refractivity contribution in [2.45, 2.75) is 25.0 Å². The van der Waals surface area contributed by atoms with E-state index in [-0.39, 0.29) is 17.7 Å². The number of fused-ring (bicyclic) bond motifs is 1. The number of carbonyl (C=O) groups is 1. The van der Waals surface area contributed by atoms with Gasteiger partial charge in [0.25, 0.3) is 0 Å². The molecule has 0 aliphatic heterocycles. The number of primary amides is 1. The molecule has 0 saturated heterocycles. The molecular formula is C15H16N4OS2. The number of rotatable bonds is 5. The van der Waals surface area contributed by atoms with Crippen molar-refractivity contribution < 1.29 is 4.79 Å². The van der Waals surface area contributed by atoms with Crippen molar-refractivity contribution in [2.24, 2.45) is 5.73 Å². The van der Waals surface area contributed by atoms with Crippen molar-refractivity contribution in [1.29, 1.82) is 0 Å². The van der Waals surface area contributed by atoms with Gasteiger partial charge in [-0.2, -0.15) is 0 Å². The Hall–Kier alpha value is -1.86. The summed E-state index contributed by atoms with van der Waals surface area (Å²) in [7, 11) is 0.